The zero-order valence-electron chi connectivity index (χ0n) is 15.3. The normalized spacial score (nSPS) is 10.1. The topological polar surface area (TPSA) is 76.0 Å². The molecule has 2 amide bonds. The summed E-state index contributed by atoms with van der Waals surface area (Å²) in [5.74, 6) is 1.86. The van der Waals surface area contributed by atoms with Crippen LogP contribution in [0.1, 0.15) is 22.3 Å². The van der Waals surface area contributed by atoms with Gasteiger partial charge < -0.3 is 10.6 Å². The van der Waals surface area contributed by atoms with Gasteiger partial charge in [-0.05, 0) is 36.2 Å². The highest BCUT2D eigenvalue weighted by Crippen LogP contribution is 2.16. The van der Waals surface area contributed by atoms with Crippen molar-refractivity contribution in [1.29, 1.82) is 0 Å². The predicted molar refractivity (Wildman–Crippen MR) is 108 cm³/mol. The summed E-state index contributed by atoms with van der Waals surface area (Å²) in [4.78, 5) is 24.5. The summed E-state index contributed by atoms with van der Waals surface area (Å²) in [6, 6.07) is 16.6. The van der Waals surface area contributed by atoms with E-state index in [1.807, 2.05) is 36.5 Å². The van der Waals surface area contributed by atoms with Crippen LogP contribution >= 0.6 is 0 Å². The number of aromatic nitrogens is 2. The Bertz CT molecular complexity index is 1000. The first kappa shape index (κ1) is 18.9. The summed E-state index contributed by atoms with van der Waals surface area (Å²) in [6.07, 6.45) is 9.65. The number of nitrogens with zero attached hydrogens (tertiary/aromatic N) is 2. The van der Waals surface area contributed by atoms with E-state index in [0.717, 1.165) is 11.3 Å². The van der Waals surface area contributed by atoms with Crippen molar-refractivity contribution >= 4 is 17.5 Å². The summed E-state index contributed by atoms with van der Waals surface area (Å²) < 4.78 is 1.78. The molecule has 3 aromatic rings. The van der Waals surface area contributed by atoms with Crippen molar-refractivity contribution in [3.8, 4) is 18.0 Å². The van der Waals surface area contributed by atoms with Gasteiger partial charge in [-0.1, -0.05) is 36.3 Å². The molecule has 0 unspecified atom stereocenters. The molecule has 1 heterocycles. The molecule has 0 atom stereocenters. The Morgan fingerprint density at radius 3 is 2.61 bits per heavy atom. The van der Waals surface area contributed by atoms with E-state index in [9.17, 15) is 9.59 Å². The highest BCUT2D eigenvalue weighted by Gasteiger charge is 2.13. The molecule has 2 aromatic carbocycles. The fourth-order valence-electron chi connectivity index (χ4n) is 2.70. The number of nitrogens with one attached hydrogen (secondary N) is 2. The van der Waals surface area contributed by atoms with E-state index in [1.165, 1.54) is 0 Å². The van der Waals surface area contributed by atoms with Gasteiger partial charge in [0.25, 0.3) is 5.91 Å². The smallest absolute Gasteiger partial charge is 0.254 e. The number of anilines is 1. The van der Waals surface area contributed by atoms with Crippen LogP contribution in [0.3, 0.4) is 0 Å². The van der Waals surface area contributed by atoms with E-state index >= 15 is 0 Å². The van der Waals surface area contributed by atoms with Crippen LogP contribution in [0.15, 0.2) is 67.0 Å². The van der Waals surface area contributed by atoms with Gasteiger partial charge in [-0.25, -0.2) is 4.68 Å². The molecule has 0 saturated carbocycles. The van der Waals surface area contributed by atoms with Crippen molar-refractivity contribution in [2.24, 2.45) is 0 Å². The standard InChI is InChI=1S/C22H20N4O2/c1-2-14-23-22(28)19-10-6-7-11-20(19)25-21(27)13-12-17-15-24-26(16-17)18-8-4-3-5-9-18/h1,3-11,15-16H,12-14H2,(H,23,28)(H,25,27). The summed E-state index contributed by atoms with van der Waals surface area (Å²) in [5, 5.41) is 9.73. The Labute approximate surface area is 163 Å². The highest BCUT2D eigenvalue weighted by molar-refractivity contribution is 6.03. The molecule has 3 rings (SSSR count). The lowest BCUT2D eigenvalue weighted by molar-refractivity contribution is -0.116. The van der Waals surface area contributed by atoms with Gasteiger partial charge in [0.15, 0.2) is 0 Å². The second kappa shape index (κ2) is 9.19. The molecule has 0 aliphatic carbocycles. The maximum atomic E-state index is 12.3. The Morgan fingerprint density at radius 2 is 1.82 bits per heavy atom. The molecule has 0 bridgehead atoms. The molecule has 28 heavy (non-hydrogen) atoms. The SMILES string of the molecule is C#CCNC(=O)c1ccccc1NC(=O)CCc1cnn(-c2ccccc2)c1. The van der Waals surface area contributed by atoms with Gasteiger partial charge in [-0.2, -0.15) is 5.10 Å². The molecule has 6 nitrogen and oxygen atoms in total. The summed E-state index contributed by atoms with van der Waals surface area (Å²) in [7, 11) is 0. The van der Waals surface area contributed by atoms with E-state index in [-0.39, 0.29) is 24.8 Å². The lowest BCUT2D eigenvalue weighted by Gasteiger charge is -2.10. The zero-order valence-corrected chi connectivity index (χ0v) is 15.3. The van der Waals surface area contributed by atoms with Gasteiger partial charge in [-0.15, -0.1) is 6.42 Å². The minimum absolute atomic E-state index is 0.131. The van der Waals surface area contributed by atoms with Crippen molar-refractivity contribution in [2.45, 2.75) is 12.8 Å². The number of aryl methyl sites for hydroxylation is 1. The minimum Gasteiger partial charge on any atom is -0.341 e. The number of hydrogen-bond acceptors (Lipinski definition) is 3. The van der Waals surface area contributed by atoms with Gasteiger partial charge in [0, 0.05) is 12.6 Å². The zero-order chi connectivity index (χ0) is 19.8. The minimum atomic E-state index is -0.321. The monoisotopic (exact) mass is 372 g/mol. The van der Waals surface area contributed by atoms with E-state index in [2.05, 4.69) is 21.7 Å². The molecule has 2 N–H and O–H groups in total. The maximum Gasteiger partial charge on any atom is 0.254 e. The molecule has 140 valence electrons. The molecule has 0 aliphatic heterocycles. The number of carbonyl (C=O) groups is 2. The van der Waals surface area contributed by atoms with Crippen LogP contribution in [0, 0.1) is 12.3 Å². The third-order valence-corrected chi connectivity index (χ3v) is 4.09. The van der Waals surface area contributed by atoms with Crippen LogP contribution in [0.2, 0.25) is 0 Å². The fraction of sp³-hybridized carbons (Fsp3) is 0.136. The lowest BCUT2D eigenvalue weighted by atomic mass is 10.1. The van der Waals surface area contributed by atoms with Crippen LogP contribution in [0.25, 0.3) is 5.69 Å². The Kier molecular flexibility index (Phi) is 6.21. The molecule has 0 spiro atoms. The third kappa shape index (κ3) is 4.86. The molecule has 1 aromatic heterocycles. The van der Waals surface area contributed by atoms with Crippen molar-refractivity contribution in [1.82, 2.24) is 15.1 Å². The van der Waals surface area contributed by atoms with Gasteiger partial charge in [0.1, 0.15) is 0 Å². The molecular weight excluding hydrogens is 352 g/mol. The maximum absolute atomic E-state index is 12.3. The molecule has 0 aliphatic rings. The lowest BCUT2D eigenvalue weighted by Crippen LogP contribution is -2.25. The summed E-state index contributed by atoms with van der Waals surface area (Å²) >= 11 is 0. The molecule has 6 heteroatoms. The third-order valence-electron chi connectivity index (χ3n) is 4.09. The Morgan fingerprint density at radius 1 is 1.07 bits per heavy atom. The first-order valence-electron chi connectivity index (χ1n) is 8.87. The van der Waals surface area contributed by atoms with E-state index in [1.54, 1.807) is 35.1 Å². The largest absolute Gasteiger partial charge is 0.341 e. The Balaban J connectivity index is 1.59. The molecule has 0 radical (unpaired) electrons. The van der Waals surface area contributed by atoms with Crippen LogP contribution in [-0.4, -0.2) is 28.1 Å². The van der Waals surface area contributed by atoms with Gasteiger partial charge in [0.05, 0.1) is 29.7 Å². The number of amides is 2. The molecule has 0 saturated heterocycles. The van der Waals surface area contributed by atoms with Crippen molar-refractivity contribution in [2.75, 3.05) is 11.9 Å². The fourth-order valence-corrected chi connectivity index (χ4v) is 2.70. The van der Waals surface area contributed by atoms with Crippen LogP contribution in [0.4, 0.5) is 5.69 Å². The van der Waals surface area contributed by atoms with Crippen molar-refractivity contribution in [3.63, 3.8) is 0 Å². The van der Waals surface area contributed by atoms with E-state index in [4.69, 9.17) is 6.42 Å². The predicted octanol–water partition coefficient (Wildman–Crippen LogP) is 2.81. The first-order valence-corrected chi connectivity index (χ1v) is 8.87. The summed E-state index contributed by atoms with van der Waals surface area (Å²) in [6.45, 7) is 0.131. The molecular formula is C22H20N4O2. The first-order chi connectivity index (χ1) is 13.7. The highest BCUT2D eigenvalue weighted by atomic mass is 16.2. The van der Waals surface area contributed by atoms with Crippen molar-refractivity contribution in [3.05, 3.63) is 78.1 Å². The number of para-hydroxylation sites is 2. The van der Waals surface area contributed by atoms with Crippen LogP contribution < -0.4 is 10.6 Å². The molecule has 0 fully saturated rings. The quantitative estimate of drug-likeness (QED) is 0.626. The number of rotatable bonds is 7. The van der Waals surface area contributed by atoms with Crippen LogP contribution in [-0.2, 0) is 11.2 Å². The van der Waals surface area contributed by atoms with Gasteiger partial charge in [-0.3, -0.25) is 9.59 Å². The van der Waals surface area contributed by atoms with Gasteiger partial charge >= 0.3 is 0 Å². The summed E-state index contributed by atoms with van der Waals surface area (Å²) in [5.41, 5.74) is 2.76. The number of terminal acetylenes is 1. The van der Waals surface area contributed by atoms with E-state index in [0.29, 0.717) is 17.7 Å². The average molecular weight is 372 g/mol. The Hall–Kier alpha value is -3.85. The second-order valence-corrected chi connectivity index (χ2v) is 6.11. The second-order valence-electron chi connectivity index (χ2n) is 6.11. The number of benzene rings is 2. The average Bonchev–Trinajstić information content (AvgIpc) is 3.21. The van der Waals surface area contributed by atoms with Crippen molar-refractivity contribution < 1.29 is 9.59 Å². The van der Waals surface area contributed by atoms with E-state index < -0.39 is 0 Å². The van der Waals surface area contributed by atoms with Crippen LogP contribution in [0.5, 0.6) is 0 Å². The van der Waals surface area contributed by atoms with Gasteiger partial charge in [0.2, 0.25) is 5.91 Å². The number of carbonyl (C=O) groups excluding carboxylic acids is 2. The number of hydrogen-bond donors (Lipinski definition) is 2.